The molecule has 0 heterocycles. The number of hydrogen-bond donors (Lipinski definition) is 0. The molecule has 0 amide bonds. The zero-order valence-electron chi connectivity index (χ0n) is 18.9. The van der Waals surface area contributed by atoms with Crippen molar-refractivity contribution in [2.24, 2.45) is 11.3 Å². The topological polar surface area (TPSA) is 43.4 Å². The highest BCUT2D eigenvalue weighted by Crippen LogP contribution is 2.42. The first-order valence-corrected chi connectivity index (χ1v) is 11.1. The molecule has 0 aromatic heterocycles. The second-order valence-electron chi connectivity index (χ2n) is 10.1. The highest BCUT2D eigenvalue weighted by Gasteiger charge is 2.44. The number of esters is 1. The van der Waals surface area contributed by atoms with Gasteiger partial charge in [0.05, 0.1) is 11.3 Å². The number of hydrogen-bond acceptors (Lipinski definition) is 3. The molecule has 3 nitrogen and oxygen atoms in total. The molecule has 1 aromatic carbocycles. The zero-order chi connectivity index (χ0) is 21.3. The van der Waals surface area contributed by atoms with Crippen LogP contribution in [0.4, 0.5) is 0 Å². The van der Waals surface area contributed by atoms with Gasteiger partial charge in [-0.3, -0.25) is 9.59 Å². The number of carbonyl (C=O) groups excluding carboxylic acids is 2. The fourth-order valence-electron chi connectivity index (χ4n) is 4.96. The van der Waals surface area contributed by atoms with Gasteiger partial charge in [-0.1, -0.05) is 43.0 Å². The Kier molecular flexibility index (Phi) is 6.36. The minimum Gasteiger partial charge on any atom is -0.460 e. The normalized spacial score (nSPS) is 24.9. The van der Waals surface area contributed by atoms with Gasteiger partial charge < -0.3 is 4.74 Å². The number of ketones is 1. The minimum atomic E-state index is -0.583. The van der Waals surface area contributed by atoms with Crippen LogP contribution in [0.1, 0.15) is 87.5 Å². The third-order valence-corrected chi connectivity index (χ3v) is 6.40. The van der Waals surface area contributed by atoms with E-state index in [1.807, 2.05) is 20.8 Å². The fraction of sp³-hybridized carbons (Fsp3) is 0.615. The van der Waals surface area contributed by atoms with Gasteiger partial charge in [-0.2, -0.15) is 0 Å². The monoisotopic (exact) mass is 396 g/mol. The fourth-order valence-corrected chi connectivity index (χ4v) is 4.96. The summed E-state index contributed by atoms with van der Waals surface area (Å²) in [6.45, 7) is 11.8. The number of Topliss-reactive ketones (excluding diaryl/α,β-unsaturated/α-hetero) is 1. The average Bonchev–Trinajstić information content (AvgIpc) is 2.90. The van der Waals surface area contributed by atoms with Crippen LogP contribution in [0.3, 0.4) is 0 Å². The first-order valence-electron chi connectivity index (χ1n) is 11.1. The maximum absolute atomic E-state index is 13.6. The van der Waals surface area contributed by atoms with Gasteiger partial charge in [0.25, 0.3) is 0 Å². The highest BCUT2D eigenvalue weighted by atomic mass is 16.5. The van der Waals surface area contributed by atoms with Crippen molar-refractivity contribution in [1.29, 1.82) is 0 Å². The van der Waals surface area contributed by atoms with Crippen LogP contribution < -0.4 is 0 Å². The Bertz CT molecular complexity index is 796. The van der Waals surface area contributed by atoms with Crippen LogP contribution >= 0.6 is 0 Å². The Morgan fingerprint density at radius 3 is 2.17 bits per heavy atom. The van der Waals surface area contributed by atoms with Gasteiger partial charge in [0.1, 0.15) is 6.10 Å². The van der Waals surface area contributed by atoms with Crippen molar-refractivity contribution in [2.45, 2.75) is 92.1 Å². The van der Waals surface area contributed by atoms with Crippen LogP contribution in [0, 0.1) is 32.1 Å². The molecule has 29 heavy (non-hydrogen) atoms. The second-order valence-corrected chi connectivity index (χ2v) is 10.1. The zero-order valence-corrected chi connectivity index (χ0v) is 18.9. The molecular formula is C26H36O3. The Labute approximate surface area is 175 Å². The van der Waals surface area contributed by atoms with Crippen LogP contribution in [-0.4, -0.2) is 17.9 Å². The molecule has 158 valence electrons. The molecule has 0 N–H and O–H groups in total. The summed E-state index contributed by atoms with van der Waals surface area (Å²) in [5.41, 5.74) is 4.73. The molecule has 3 heteroatoms. The molecule has 0 radical (unpaired) electrons. The van der Waals surface area contributed by atoms with Crippen molar-refractivity contribution in [3.05, 3.63) is 46.0 Å². The SMILES string of the molecule is Cc1cc(C)c(C2C(=O)/C(=C/C3CCCCC3)CC2OC(=O)C(C)(C)C)c(C)c1. The van der Waals surface area contributed by atoms with E-state index in [4.69, 9.17) is 4.74 Å². The summed E-state index contributed by atoms with van der Waals surface area (Å²) in [6.07, 6.45) is 8.43. The van der Waals surface area contributed by atoms with Crippen molar-refractivity contribution in [3.63, 3.8) is 0 Å². The first-order chi connectivity index (χ1) is 13.6. The summed E-state index contributed by atoms with van der Waals surface area (Å²) in [7, 11) is 0. The van der Waals surface area contributed by atoms with Crippen LogP contribution in [0.25, 0.3) is 0 Å². The van der Waals surface area contributed by atoms with E-state index >= 15 is 0 Å². The van der Waals surface area contributed by atoms with E-state index in [-0.39, 0.29) is 11.8 Å². The van der Waals surface area contributed by atoms with Gasteiger partial charge in [0, 0.05) is 6.42 Å². The van der Waals surface area contributed by atoms with Crippen LogP contribution in [-0.2, 0) is 14.3 Å². The first kappa shape index (κ1) is 21.8. The molecule has 1 aromatic rings. The molecule has 2 aliphatic rings. The van der Waals surface area contributed by atoms with E-state index < -0.39 is 17.4 Å². The van der Waals surface area contributed by atoms with Crippen molar-refractivity contribution in [2.75, 3.05) is 0 Å². The maximum Gasteiger partial charge on any atom is 0.311 e. The lowest BCUT2D eigenvalue weighted by Gasteiger charge is -2.26. The summed E-state index contributed by atoms with van der Waals surface area (Å²) >= 11 is 0. The predicted molar refractivity (Wildman–Crippen MR) is 117 cm³/mol. The van der Waals surface area contributed by atoms with Crippen molar-refractivity contribution < 1.29 is 14.3 Å². The Morgan fingerprint density at radius 1 is 1.03 bits per heavy atom. The van der Waals surface area contributed by atoms with E-state index in [1.54, 1.807) is 0 Å². The summed E-state index contributed by atoms with van der Waals surface area (Å²) in [6, 6.07) is 4.25. The summed E-state index contributed by atoms with van der Waals surface area (Å²) in [5, 5.41) is 0. The quantitative estimate of drug-likeness (QED) is 0.456. The lowest BCUT2D eigenvalue weighted by molar-refractivity contribution is -0.159. The summed E-state index contributed by atoms with van der Waals surface area (Å²) < 4.78 is 5.97. The Balaban J connectivity index is 1.98. The number of allylic oxidation sites excluding steroid dienone is 1. The van der Waals surface area contributed by atoms with Crippen LogP contribution in [0.2, 0.25) is 0 Å². The lowest BCUT2D eigenvalue weighted by atomic mass is 9.85. The van der Waals surface area contributed by atoms with Gasteiger partial charge in [-0.05, 0) is 82.6 Å². The number of rotatable bonds is 3. The highest BCUT2D eigenvalue weighted by molar-refractivity contribution is 6.04. The summed E-state index contributed by atoms with van der Waals surface area (Å²) in [5.74, 6) is 0.0105. The number of benzene rings is 1. The third-order valence-electron chi connectivity index (χ3n) is 6.40. The molecule has 0 spiro atoms. The standard InChI is InChI=1S/C26H36O3/c1-16-12-17(2)22(18(3)13-16)23-21(29-25(28)26(4,5)6)15-20(24(23)27)14-19-10-8-7-9-11-19/h12-14,19,21,23H,7-11,15H2,1-6H3/b20-14+. The van der Waals surface area contributed by atoms with Gasteiger partial charge >= 0.3 is 5.97 Å². The van der Waals surface area contributed by atoms with E-state index in [1.165, 1.54) is 24.8 Å². The molecule has 3 rings (SSSR count). The van der Waals surface area contributed by atoms with Gasteiger partial charge in [0.2, 0.25) is 0 Å². The van der Waals surface area contributed by atoms with Crippen molar-refractivity contribution in [3.8, 4) is 0 Å². The van der Waals surface area contributed by atoms with Crippen molar-refractivity contribution >= 4 is 11.8 Å². The molecule has 2 saturated carbocycles. The average molecular weight is 397 g/mol. The maximum atomic E-state index is 13.6. The lowest BCUT2D eigenvalue weighted by Crippen LogP contribution is -2.31. The van der Waals surface area contributed by atoms with E-state index in [9.17, 15) is 9.59 Å². The molecule has 2 atom stereocenters. The van der Waals surface area contributed by atoms with E-state index in [0.29, 0.717) is 12.3 Å². The summed E-state index contributed by atoms with van der Waals surface area (Å²) in [4.78, 5) is 26.2. The van der Waals surface area contributed by atoms with Crippen LogP contribution in [0.5, 0.6) is 0 Å². The smallest absolute Gasteiger partial charge is 0.311 e. The largest absolute Gasteiger partial charge is 0.460 e. The molecule has 2 aliphatic carbocycles. The number of carbonyl (C=O) groups is 2. The van der Waals surface area contributed by atoms with E-state index in [0.717, 1.165) is 35.1 Å². The molecular weight excluding hydrogens is 360 g/mol. The number of ether oxygens (including phenoxy) is 1. The van der Waals surface area contributed by atoms with Gasteiger partial charge in [0.15, 0.2) is 5.78 Å². The van der Waals surface area contributed by atoms with Crippen molar-refractivity contribution in [1.82, 2.24) is 0 Å². The minimum absolute atomic E-state index is 0.150. The molecule has 0 bridgehead atoms. The van der Waals surface area contributed by atoms with Gasteiger partial charge in [-0.15, -0.1) is 0 Å². The second kappa shape index (κ2) is 8.45. The predicted octanol–water partition coefficient (Wildman–Crippen LogP) is 6.13. The molecule has 2 unspecified atom stereocenters. The van der Waals surface area contributed by atoms with Crippen LogP contribution in [0.15, 0.2) is 23.8 Å². The number of aryl methyl sites for hydroxylation is 3. The molecule has 0 aliphatic heterocycles. The van der Waals surface area contributed by atoms with Gasteiger partial charge in [-0.25, -0.2) is 0 Å². The molecule has 2 fully saturated rings. The Hall–Kier alpha value is -1.90. The van der Waals surface area contributed by atoms with E-state index in [2.05, 4.69) is 39.0 Å². The molecule has 0 saturated heterocycles. The Morgan fingerprint density at radius 2 is 1.62 bits per heavy atom. The third kappa shape index (κ3) is 4.82.